The van der Waals surface area contributed by atoms with Gasteiger partial charge in [-0.2, -0.15) is 0 Å². The van der Waals surface area contributed by atoms with Crippen LogP contribution in [0, 0.1) is 6.92 Å². The zero-order valence-electron chi connectivity index (χ0n) is 10.6. The lowest BCUT2D eigenvalue weighted by Gasteiger charge is -2.13. The number of aromatic nitrogens is 1. The van der Waals surface area contributed by atoms with Crippen LogP contribution in [0.25, 0.3) is 0 Å². The zero-order chi connectivity index (χ0) is 13.0. The molecule has 94 valence electrons. The van der Waals surface area contributed by atoms with Crippen LogP contribution in [-0.4, -0.2) is 4.98 Å². The van der Waals surface area contributed by atoms with Crippen molar-refractivity contribution in [3.63, 3.8) is 0 Å². The highest BCUT2D eigenvalue weighted by Gasteiger charge is 2.09. The molecule has 4 N–H and O–H groups in total. The summed E-state index contributed by atoms with van der Waals surface area (Å²) in [7, 11) is 0. The van der Waals surface area contributed by atoms with E-state index < -0.39 is 0 Å². The molecule has 1 heterocycles. The smallest absolute Gasteiger partial charge is 0.126 e. The fraction of sp³-hybridized carbons (Fsp3) is 0.267. The Labute approximate surface area is 108 Å². The molecule has 2 rings (SSSR count). The number of aryl methyl sites for hydroxylation is 1. The number of pyridine rings is 1. The molecule has 0 bridgehead atoms. The van der Waals surface area contributed by atoms with Crippen molar-refractivity contribution in [1.82, 2.24) is 4.98 Å². The molecule has 0 aliphatic heterocycles. The summed E-state index contributed by atoms with van der Waals surface area (Å²) in [4.78, 5) is 4.13. The van der Waals surface area contributed by atoms with Crippen molar-refractivity contribution in [1.29, 1.82) is 0 Å². The molecule has 0 radical (unpaired) electrons. The summed E-state index contributed by atoms with van der Waals surface area (Å²) < 4.78 is 0. The van der Waals surface area contributed by atoms with Crippen molar-refractivity contribution in [3.05, 3.63) is 59.3 Å². The van der Waals surface area contributed by atoms with Crippen molar-refractivity contribution in [2.24, 2.45) is 5.73 Å². The number of rotatable bonds is 4. The van der Waals surface area contributed by atoms with Crippen molar-refractivity contribution < 1.29 is 0 Å². The summed E-state index contributed by atoms with van der Waals surface area (Å²) in [5.74, 6) is 0.621. The van der Waals surface area contributed by atoms with Crippen LogP contribution in [0.2, 0.25) is 0 Å². The fourth-order valence-corrected chi connectivity index (χ4v) is 2.10. The third-order valence-corrected chi connectivity index (χ3v) is 3.26. The van der Waals surface area contributed by atoms with E-state index >= 15 is 0 Å². The quantitative estimate of drug-likeness (QED) is 0.864. The van der Waals surface area contributed by atoms with E-state index in [1.807, 2.05) is 24.3 Å². The van der Waals surface area contributed by atoms with Crippen LogP contribution in [0.15, 0.2) is 42.6 Å². The number of nitrogens with zero attached hydrogens (tertiary/aromatic N) is 1. The molecule has 2 aromatic rings. The van der Waals surface area contributed by atoms with Gasteiger partial charge in [-0.15, -0.1) is 0 Å². The molecule has 0 saturated heterocycles. The van der Waals surface area contributed by atoms with Crippen molar-refractivity contribution in [3.8, 4) is 0 Å². The van der Waals surface area contributed by atoms with E-state index in [9.17, 15) is 0 Å². The van der Waals surface area contributed by atoms with Crippen molar-refractivity contribution in [2.75, 3.05) is 5.73 Å². The Balaban J connectivity index is 2.04. The molecule has 18 heavy (non-hydrogen) atoms. The monoisotopic (exact) mass is 241 g/mol. The van der Waals surface area contributed by atoms with Gasteiger partial charge in [-0.1, -0.05) is 30.3 Å². The molecule has 0 saturated carbocycles. The van der Waals surface area contributed by atoms with Gasteiger partial charge < -0.3 is 11.5 Å². The van der Waals surface area contributed by atoms with E-state index in [-0.39, 0.29) is 6.04 Å². The minimum absolute atomic E-state index is 0.0465. The first kappa shape index (κ1) is 12.6. The summed E-state index contributed by atoms with van der Waals surface area (Å²) >= 11 is 0. The van der Waals surface area contributed by atoms with E-state index in [0.717, 1.165) is 24.0 Å². The SMILES string of the molecule is Cc1ccnc(N)c1CCC(N)c1ccccc1. The number of nitrogens with two attached hydrogens (primary N) is 2. The lowest BCUT2D eigenvalue weighted by atomic mass is 9.98. The van der Waals surface area contributed by atoms with Crippen LogP contribution >= 0.6 is 0 Å². The average molecular weight is 241 g/mol. The predicted octanol–water partition coefficient (Wildman–Crippen LogP) is 2.60. The van der Waals surface area contributed by atoms with Gasteiger partial charge in [0.25, 0.3) is 0 Å². The van der Waals surface area contributed by atoms with Crippen molar-refractivity contribution in [2.45, 2.75) is 25.8 Å². The van der Waals surface area contributed by atoms with Crippen LogP contribution in [0.4, 0.5) is 5.82 Å². The molecule has 0 spiro atoms. The maximum atomic E-state index is 6.18. The number of nitrogen functional groups attached to an aromatic ring is 1. The highest BCUT2D eigenvalue weighted by Crippen LogP contribution is 2.20. The van der Waals surface area contributed by atoms with Gasteiger partial charge in [-0.25, -0.2) is 4.98 Å². The molecular weight excluding hydrogens is 222 g/mol. The second-order valence-corrected chi connectivity index (χ2v) is 4.55. The first-order chi connectivity index (χ1) is 8.68. The highest BCUT2D eigenvalue weighted by molar-refractivity contribution is 5.43. The molecule has 1 aromatic carbocycles. The summed E-state index contributed by atoms with van der Waals surface area (Å²) in [6, 6.07) is 12.2. The lowest BCUT2D eigenvalue weighted by Crippen LogP contribution is -2.12. The van der Waals surface area contributed by atoms with E-state index in [0.29, 0.717) is 5.82 Å². The van der Waals surface area contributed by atoms with Gasteiger partial charge in [0.1, 0.15) is 5.82 Å². The third-order valence-electron chi connectivity index (χ3n) is 3.26. The molecule has 0 aliphatic rings. The van der Waals surface area contributed by atoms with Gasteiger partial charge >= 0.3 is 0 Å². The van der Waals surface area contributed by atoms with Crippen LogP contribution in [0.5, 0.6) is 0 Å². The standard InChI is InChI=1S/C15H19N3/c1-11-9-10-18-15(17)13(11)7-8-14(16)12-5-3-2-4-6-12/h2-6,9-10,14H,7-8,16H2,1H3,(H2,17,18). The molecule has 0 aliphatic carbocycles. The largest absolute Gasteiger partial charge is 0.383 e. The lowest BCUT2D eigenvalue weighted by molar-refractivity contribution is 0.650. The summed E-state index contributed by atoms with van der Waals surface area (Å²) in [5, 5.41) is 0. The third kappa shape index (κ3) is 2.87. The second-order valence-electron chi connectivity index (χ2n) is 4.55. The minimum atomic E-state index is 0.0465. The first-order valence-corrected chi connectivity index (χ1v) is 6.19. The van der Waals surface area contributed by atoms with Crippen molar-refractivity contribution >= 4 is 5.82 Å². The van der Waals surface area contributed by atoms with E-state index in [1.165, 1.54) is 5.56 Å². The van der Waals surface area contributed by atoms with Crippen LogP contribution in [-0.2, 0) is 6.42 Å². The van der Waals surface area contributed by atoms with Gasteiger partial charge in [-0.05, 0) is 42.5 Å². The van der Waals surface area contributed by atoms with Crippen LogP contribution in [0.3, 0.4) is 0 Å². The molecule has 3 nitrogen and oxygen atoms in total. The van der Waals surface area contributed by atoms with Crippen LogP contribution in [0.1, 0.15) is 29.2 Å². The minimum Gasteiger partial charge on any atom is -0.383 e. The summed E-state index contributed by atoms with van der Waals surface area (Å²) in [5.41, 5.74) is 15.5. The topological polar surface area (TPSA) is 64.9 Å². The molecular formula is C15H19N3. The maximum absolute atomic E-state index is 6.18. The Kier molecular flexibility index (Phi) is 3.95. The molecule has 0 fully saturated rings. The molecule has 1 atom stereocenters. The number of hydrogen-bond acceptors (Lipinski definition) is 3. The Morgan fingerprint density at radius 2 is 1.89 bits per heavy atom. The highest BCUT2D eigenvalue weighted by atomic mass is 14.8. The summed E-state index contributed by atoms with van der Waals surface area (Å²) in [6.45, 7) is 2.06. The van der Waals surface area contributed by atoms with Gasteiger partial charge in [0.15, 0.2) is 0 Å². The van der Waals surface area contributed by atoms with E-state index in [2.05, 4.69) is 24.0 Å². The predicted molar refractivity (Wildman–Crippen MR) is 75.1 cm³/mol. The number of hydrogen-bond donors (Lipinski definition) is 2. The van der Waals surface area contributed by atoms with Gasteiger partial charge in [0, 0.05) is 12.2 Å². The van der Waals surface area contributed by atoms with Gasteiger partial charge in [-0.3, -0.25) is 0 Å². The normalized spacial score (nSPS) is 12.3. The summed E-state index contributed by atoms with van der Waals surface area (Å²) in [6.07, 6.45) is 3.48. The van der Waals surface area contributed by atoms with Gasteiger partial charge in [0.05, 0.1) is 0 Å². The molecule has 3 heteroatoms. The zero-order valence-corrected chi connectivity index (χ0v) is 10.6. The molecule has 1 unspecified atom stereocenters. The fourth-order valence-electron chi connectivity index (χ4n) is 2.10. The Hall–Kier alpha value is -1.87. The first-order valence-electron chi connectivity index (χ1n) is 6.19. The second kappa shape index (κ2) is 5.65. The average Bonchev–Trinajstić information content (AvgIpc) is 2.39. The Bertz CT molecular complexity index is 488. The Morgan fingerprint density at radius 3 is 2.56 bits per heavy atom. The molecule has 0 amide bonds. The van der Waals surface area contributed by atoms with E-state index in [1.54, 1.807) is 6.20 Å². The number of anilines is 1. The number of benzene rings is 1. The molecule has 1 aromatic heterocycles. The van der Waals surface area contributed by atoms with Gasteiger partial charge in [0.2, 0.25) is 0 Å². The Morgan fingerprint density at radius 1 is 1.17 bits per heavy atom. The van der Waals surface area contributed by atoms with E-state index in [4.69, 9.17) is 11.5 Å². The van der Waals surface area contributed by atoms with Crippen LogP contribution < -0.4 is 11.5 Å². The maximum Gasteiger partial charge on any atom is 0.126 e.